The highest BCUT2D eigenvalue weighted by Crippen LogP contribution is 2.34. The summed E-state index contributed by atoms with van der Waals surface area (Å²) in [6, 6.07) is 3.68. The van der Waals surface area contributed by atoms with E-state index in [-0.39, 0.29) is 24.6 Å². The van der Waals surface area contributed by atoms with Crippen LogP contribution in [0.2, 0.25) is 0 Å². The van der Waals surface area contributed by atoms with Crippen LogP contribution in [0.25, 0.3) is 15.2 Å². The average Bonchev–Trinajstić information content (AvgIpc) is 3.56. The van der Waals surface area contributed by atoms with E-state index < -0.39 is 40.7 Å². The lowest BCUT2D eigenvalue weighted by Gasteiger charge is -2.28. The standard InChI is InChI=1S/C28H35FN6O6S/c1-15(2)32-26(38)28(5,6)34-23(37)22-17(4)24(35-30-10-11-31-35)42-25(22)33(27(34)39)13-21(41-14-16(3)36)19-12-18(29)8-9-20(19)40-7/h8-12,15-16,21,36H,13-14H2,1-7H3,(H,32,38)/t16-,21+/m1/s1. The third-order valence-corrected chi connectivity index (χ3v) is 8.03. The predicted molar refractivity (Wildman–Crippen MR) is 156 cm³/mol. The topological polar surface area (TPSA) is 142 Å². The van der Waals surface area contributed by atoms with Crippen molar-refractivity contribution < 1.29 is 23.8 Å². The number of carbonyl (C=O) groups excluding carboxylic acids is 1. The van der Waals surface area contributed by atoms with Gasteiger partial charge in [-0.3, -0.25) is 14.2 Å². The Kier molecular flexibility index (Phi) is 8.99. The fourth-order valence-corrected chi connectivity index (χ4v) is 5.88. The molecule has 0 unspecified atom stereocenters. The maximum atomic E-state index is 14.5. The lowest BCUT2D eigenvalue weighted by molar-refractivity contribution is -0.129. The van der Waals surface area contributed by atoms with Crippen molar-refractivity contribution in [3.8, 4) is 10.8 Å². The predicted octanol–water partition coefficient (Wildman–Crippen LogP) is 2.66. The highest BCUT2D eigenvalue weighted by Gasteiger charge is 2.36. The molecule has 0 aliphatic heterocycles. The van der Waals surface area contributed by atoms with E-state index in [1.54, 1.807) is 20.8 Å². The minimum Gasteiger partial charge on any atom is -0.496 e. The van der Waals surface area contributed by atoms with E-state index in [1.165, 1.54) is 67.8 Å². The lowest BCUT2D eigenvalue weighted by Crippen LogP contribution is -2.56. The molecule has 0 spiro atoms. The number of hydrogen-bond acceptors (Lipinski definition) is 9. The molecule has 14 heteroatoms. The van der Waals surface area contributed by atoms with Crippen LogP contribution in [0, 0.1) is 12.7 Å². The largest absolute Gasteiger partial charge is 0.496 e. The number of nitrogens with one attached hydrogen (secondary N) is 1. The minimum atomic E-state index is -1.58. The van der Waals surface area contributed by atoms with E-state index in [0.717, 1.165) is 15.9 Å². The van der Waals surface area contributed by atoms with Crippen LogP contribution in [0.3, 0.4) is 0 Å². The van der Waals surface area contributed by atoms with E-state index in [4.69, 9.17) is 9.47 Å². The number of hydrogen-bond donors (Lipinski definition) is 2. The van der Waals surface area contributed by atoms with Crippen molar-refractivity contribution in [1.82, 2.24) is 29.4 Å². The number of benzene rings is 1. The van der Waals surface area contributed by atoms with E-state index in [2.05, 4.69) is 15.5 Å². The number of ether oxygens (including phenoxy) is 2. The highest BCUT2D eigenvalue weighted by molar-refractivity contribution is 7.21. The van der Waals surface area contributed by atoms with Crippen LogP contribution < -0.4 is 21.3 Å². The van der Waals surface area contributed by atoms with Gasteiger partial charge in [0.2, 0.25) is 5.91 Å². The van der Waals surface area contributed by atoms with Crippen molar-refractivity contribution in [1.29, 1.82) is 0 Å². The molecule has 0 saturated heterocycles. The molecule has 3 aromatic heterocycles. The zero-order valence-corrected chi connectivity index (χ0v) is 25.4. The van der Waals surface area contributed by atoms with Crippen LogP contribution in [-0.4, -0.2) is 61.0 Å². The second-order valence-corrected chi connectivity index (χ2v) is 11.8. The number of aliphatic hydroxyl groups excluding tert-OH is 1. The van der Waals surface area contributed by atoms with Crippen LogP contribution in [0.15, 0.2) is 40.2 Å². The normalized spacial score (nSPS) is 13.5. The molecule has 0 saturated carbocycles. The number of nitrogens with zero attached hydrogens (tertiary/aromatic N) is 5. The average molecular weight is 603 g/mol. The summed E-state index contributed by atoms with van der Waals surface area (Å²) >= 11 is 1.13. The number of aromatic nitrogens is 5. The van der Waals surface area contributed by atoms with Crippen LogP contribution >= 0.6 is 11.3 Å². The van der Waals surface area contributed by atoms with Crippen molar-refractivity contribution in [3.63, 3.8) is 0 Å². The van der Waals surface area contributed by atoms with E-state index in [0.29, 0.717) is 26.7 Å². The Morgan fingerprint density at radius 3 is 2.45 bits per heavy atom. The van der Waals surface area contributed by atoms with Gasteiger partial charge in [-0.25, -0.2) is 13.8 Å². The van der Waals surface area contributed by atoms with Crippen molar-refractivity contribution in [2.24, 2.45) is 0 Å². The molecule has 226 valence electrons. The fourth-order valence-electron chi connectivity index (χ4n) is 4.66. The Labute approximate surface area is 245 Å². The first kappa shape index (κ1) is 31.1. The Bertz CT molecular complexity index is 1710. The van der Waals surface area contributed by atoms with Gasteiger partial charge in [0, 0.05) is 17.2 Å². The van der Waals surface area contributed by atoms with Crippen molar-refractivity contribution >= 4 is 27.5 Å². The Hall–Kier alpha value is -3.88. The van der Waals surface area contributed by atoms with E-state index in [9.17, 15) is 23.9 Å². The molecule has 12 nitrogen and oxygen atoms in total. The second-order valence-electron chi connectivity index (χ2n) is 10.8. The first-order valence-electron chi connectivity index (χ1n) is 13.4. The molecule has 0 bridgehead atoms. The highest BCUT2D eigenvalue weighted by atomic mass is 32.1. The Balaban J connectivity index is 2.03. The maximum absolute atomic E-state index is 14.5. The summed E-state index contributed by atoms with van der Waals surface area (Å²) in [7, 11) is 1.43. The van der Waals surface area contributed by atoms with Gasteiger partial charge in [-0.1, -0.05) is 11.3 Å². The lowest BCUT2D eigenvalue weighted by atomic mass is 10.0. The fraction of sp³-hybridized carbons (Fsp3) is 0.464. The third kappa shape index (κ3) is 5.87. The molecule has 0 fully saturated rings. The molecule has 0 aliphatic carbocycles. The van der Waals surface area contributed by atoms with Crippen LogP contribution in [0.4, 0.5) is 4.39 Å². The summed E-state index contributed by atoms with van der Waals surface area (Å²) in [5, 5.41) is 21.9. The molecule has 4 rings (SSSR count). The number of aryl methyl sites for hydroxylation is 1. The number of thiophene rings is 1. The van der Waals surface area contributed by atoms with Gasteiger partial charge >= 0.3 is 5.69 Å². The SMILES string of the molecule is COc1ccc(F)cc1[C@H](Cn1c(=O)n(C(C)(C)C(=O)NC(C)C)c(=O)c2c(C)c(-n3nccn3)sc21)OC[C@@H](C)O. The molecule has 0 aliphatic rings. The number of rotatable bonds is 11. The van der Waals surface area contributed by atoms with Gasteiger partial charge in [0.25, 0.3) is 5.56 Å². The molecule has 1 amide bonds. The number of carbonyl (C=O) groups is 1. The smallest absolute Gasteiger partial charge is 0.333 e. The first-order valence-corrected chi connectivity index (χ1v) is 14.2. The van der Waals surface area contributed by atoms with Crippen LogP contribution in [0.5, 0.6) is 5.75 Å². The summed E-state index contributed by atoms with van der Waals surface area (Å²) < 4.78 is 28.2. The Morgan fingerprint density at radius 1 is 1.19 bits per heavy atom. The number of aliphatic hydroxyl groups is 1. The van der Waals surface area contributed by atoms with Crippen LogP contribution in [-0.2, 0) is 21.6 Å². The van der Waals surface area contributed by atoms with Gasteiger partial charge in [0.15, 0.2) is 0 Å². The monoisotopic (exact) mass is 602 g/mol. The van der Waals surface area contributed by atoms with Gasteiger partial charge in [-0.15, -0.1) is 4.80 Å². The van der Waals surface area contributed by atoms with Gasteiger partial charge in [0.1, 0.15) is 33.0 Å². The number of halogens is 1. The number of methoxy groups -OCH3 is 1. The third-order valence-electron chi connectivity index (χ3n) is 6.75. The number of amides is 1. The molecule has 1 aromatic carbocycles. The maximum Gasteiger partial charge on any atom is 0.333 e. The van der Waals surface area contributed by atoms with Gasteiger partial charge < -0.3 is 19.9 Å². The molecule has 2 N–H and O–H groups in total. The molecule has 4 aromatic rings. The summed E-state index contributed by atoms with van der Waals surface area (Å²) in [6.45, 7) is 9.48. The summed E-state index contributed by atoms with van der Waals surface area (Å²) in [5.74, 6) is -0.757. The van der Waals surface area contributed by atoms with Gasteiger partial charge in [0.05, 0.1) is 44.1 Å². The van der Waals surface area contributed by atoms with Crippen molar-refractivity contribution in [2.45, 2.75) is 71.9 Å². The van der Waals surface area contributed by atoms with Gasteiger partial charge in [-0.05, 0) is 59.7 Å². The van der Waals surface area contributed by atoms with Crippen molar-refractivity contribution in [3.05, 3.63) is 68.4 Å². The van der Waals surface area contributed by atoms with E-state index in [1.807, 2.05) is 0 Å². The number of fused-ring (bicyclic) bond motifs is 1. The molecule has 3 heterocycles. The molecule has 42 heavy (non-hydrogen) atoms. The molecular weight excluding hydrogens is 567 g/mol. The molecule has 2 atom stereocenters. The summed E-state index contributed by atoms with van der Waals surface area (Å²) in [5.41, 5.74) is -2.18. The zero-order chi connectivity index (χ0) is 30.9. The van der Waals surface area contributed by atoms with Gasteiger partial charge in [-0.2, -0.15) is 10.2 Å². The summed E-state index contributed by atoms with van der Waals surface area (Å²) in [6.07, 6.45) is 1.13. The molecular formula is C28H35FN6O6S. The Morgan fingerprint density at radius 2 is 1.86 bits per heavy atom. The molecule has 0 radical (unpaired) electrons. The minimum absolute atomic E-state index is 0.129. The quantitative estimate of drug-likeness (QED) is 0.267. The zero-order valence-electron chi connectivity index (χ0n) is 24.5. The van der Waals surface area contributed by atoms with E-state index >= 15 is 0 Å². The first-order chi connectivity index (χ1) is 19.8. The second kappa shape index (κ2) is 12.2. The van der Waals surface area contributed by atoms with Crippen molar-refractivity contribution in [2.75, 3.05) is 13.7 Å². The summed E-state index contributed by atoms with van der Waals surface area (Å²) in [4.78, 5) is 43.3. The van der Waals surface area contributed by atoms with Crippen LogP contribution in [0.1, 0.15) is 51.8 Å².